The number of halogens is 1. The van der Waals surface area contributed by atoms with Crippen LogP contribution in [-0.4, -0.2) is 49.9 Å². The lowest BCUT2D eigenvalue weighted by molar-refractivity contribution is 0.181. The smallest absolute Gasteiger partial charge is 0.276 e. The van der Waals surface area contributed by atoms with E-state index in [1.165, 1.54) is 4.31 Å². The fourth-order valence-electron chi connectivity index (χ4n) is 2.44. The number of hydrogen-bond acceptors (Lipinski definition) is 4. The number of nitrogens with two attached hydrogens (primary N) is 1. The largest absolute Gasteiger partial charge is 0.489 e. The molecule has 1 fully saturated rings. The number of benzene rings is 1. The molecule has 0 amide bonds. The van der Waals surface area contributed by atoms with Crippen molar-refractivity contribution in [1.82, 2.24) is 9.21 Å². The minimum absolute atomic E-state index is 0.129. The topological polar surface area (TPSA) is 75.9 Å². The highest BCUT2D eigenvalue weighted by molar-refractivity contribution is 7.86. The van der Waals surface area contributed by atoms with Crippen molar-refractivity contribution >= 4 is 21.8 Å². The monoisotopic (exact) mass is 361 g/mol. The summed E-state index contributed by atoms with van der Waals surface area (Å²) in [6.07, 6.45) is 1.05. The first-order chi connectivity index (χ1) is 10.8. The SMILES string of the molecule is CCC(C)Oc1ccc(CN2CCN(S(N)(=O)=O)CC2)cc1Cl. The number of piperazine rings is 1. The van der Waals surface area contributed by atoms with Crippen LogP contribution >= 0.6 is 11.6 Å². The van der Waals surface area contributed by atoms with Crippen LogP contribution < -0.4 is 9.88 Å². The van der Waals surface area contributed by atoms with Gasteiger partial charge in [-0.25, -0.2) is 5.14 Å². The predicted octanol–water partition coefficient (Wildman–Crippen LogP) is 1.84. The van der Waals surface area contributed by atoms with Crippen LogP contribution in [0.15, 0.2) is 18.2 Å². The van der Waals surface area contributed by atoms with Crippen molar-refractivity contribution in [3.8, 4) is 5.75 Å². The van der Waals surface area contributed by atoms with Crippen LogP contribution in [0.4, 0.5) is 0 Å². The summed E-state index contributed by atoms with van der Waals surface area (Å²) in [4.78, 5) is 2.18. The quantitative estimate of drug-likeness (QED) is 0.838. The molecule has 23 heavy (non-hydrogen) atoms. The first-order valence-corrected chi connectivity index (χ1v) is 9.63. The third-order valence-corrected chi connectivity index (χ3v) is 5.38. The van der Waals surface area contributed by atoms with E-state index >= 15 is 0 Å². The Hall–Kier alpha value is -0.860. The summed E-state index contributed by atoms with van der Waals surface area (Å²) in [7, 11) is -3.58. The predicted molar refractivity (Wildman–Crippen MR) is 91.8 cm³/mol. The van der Waals surface area contributed by atoms with Crippen molar-refractivity contribution in [2.24, 2.45) is 5.14 Å². The van der Waals surface area contributed by atoms with Crippen molar-refractivity contribution < 1.29 is 13.2 Å². The normalized spacial score (nSPS) is 18.8. The molecule has 1 aromatic carbocycles. The molecule has 0 aliphatic carbocycles. The second kappa shape index (κ2) is 7.81. The summed E-state index contributed by atoms with van der Waals surface area (Å²) in [6.45, 7) is 6.94. The van der Waals surface area contributed by atoms with Crippen molar-refractivity contribution in [3.05, 3.63) is 28.8 Å². The molecule has 6 nitrogen and oxygen atoms in total. The van der Waals surface area contributed by atoms with Crippen LogP contribution in [0.5, 0.6) is 5.75 Å². The number of ether oxygens (including phenoxy) is 1. The summed E-state index contributed by atoms with van der Waals surface area (Å²) in [5.41, 5.74) is 1.08. The van der Waals surface area contributed by atoms with Gasteiger partial charge in [-0.1, -0.05) is 24.6 Å². The van der Waals surface area contributed by atoms with E-state index in [2.05, 4.69) is 11.8 Å². The van der Waals surface area contributed by atoms with Crippen LogP contribution in [0, 0.1) is 0 Å². The van der Waals surface area contributed by atoms with E-state index in [0.29, 0.717) is 37.0 Å². The van der Waals surface area contributed by atoms with E-state index in [-0.39, 0.29) is 6.10 Å². The Kier molecular flexibility index (Phi) is 6.27. The molecule has 0 saturated carbocycles. The van der Waals surface area contributed by atoms with E-state index in [1.54, 1.807) is 0 Å². The average Bonchev–Trinajstić information content (AvgIpc) is 2.49. The summed E-state index contributed by atoms with van der Waals surface area (Å²) in [5.74, 6) is 0.698. The zero-order chi connectivity index (χ0) is 17.0. The Labute approximate surface area is 143 Å². The Balaban J connectivity index is 1.93. The van der Waals surface area contributed by atoms with Crippen LogP contribution in [0.3, 0.4) is 0 Å². The maximum atomic E-state index is 11.3. The lowest BCUT2D eigenvalue weighted by Crippen LogP contribution is -2.50. The lowest BCUT2D eigenvalue weighted by atomic mass is 10.2. The molecule has 0 bridgehead atoms. The van der Waals surface area contributed by atoms with Gasteiger partial charge in [0.25, 0.3) is 10.2 Å². The van der Waals surface area contributed by atoms with Gasteiger partial charge < -0.3 is 4.74 Å². The van der Waals surface area contributed by atoms with E-state index < -0.39 is 10.2 Å². The Morgan fingerprint density at radius 3 is 2.48 bits per heavy atom. The maximum Gasteiger partial charge on any atom is 0.276 e. The second-order valence-corrected chi connectivity index (χ2v) is 7.78. The minimum Gasteiger partial charge on any atom is -0.489 e. The molecule has 1 aliphatic heterocycles. The number of hydrogen-bond donors (Lipinski definition) is 1. The third kappa shape index (κ3) is 5.32. The van der Waals surface area contributed by atoms with Gasteiger partial charge in [-0.15, -0.1) is 0 Å². The zero-order valence-corrected chi connectivity index (χ0v) is 15.1. The molecule has 130 valence electrons. The molecule has 8 heteroatoms. The van der Waals surface area contributed by atoms with Gasteiger partial charge in [0.1, 0.15) is 5.75 Å². The number of rotatable bonds is 6. The van der Waals surface area contributed by atoms with Crippen molar-refractivity contribution in [2.75, 3.05) is 26.2 Å². The van der Waals surface area contributed by atoms with Crippen LogP contribution in [0.2, 0.25) is 5.02 Å². The van der Waals surface area contributed by atoms with E-state index in [4.69, 9.17) is 21.5 Å². The van der Waals surface area contributed by atoms with E-state index in [0.717, 1.165) is 18.5 Å². The number of nitrogens with zero attached hydrogens (tertiary/aromatic N) is 2. The standard InChI is InChI=1S/C15H24ClN3O3S/c1-3-12(2)22-15-5-4-13(10-14(15)16)11-18-6-8-19(9-7-18)23(17,20)21/h4-5,10,12H,3,6-9,11H2,1-2H3,(H2,17,20,21). The molecule has 1 heterocycles. The van der Waals surface area contributed by atoms with Gasteiger partial charge in [0.15, 0.2) is 0 Å². The molecular weight excluding hydrogens is 338 g/mol. The summed E-state index contributed by atoms with van der Waals surface area (Å²) in [5, 5.41) is 5.75. The van der Waals surface area contributed by atoms with E-state index in [1.807, 2.05) is 25.1 Å². The third-order valence-electron chi connectivity index (χ3n) is 4.00. The molecule has 2 N–H and O–H groups in total. The highest BCUT2D eigenvalue weighted by Gasteiger charge is 2.23. The zero-order valence-electron chi connectivity index (χ0n) is 13.5. The first kappa shape index (κ1) is 18.5. The molecule has 1 aromatic rings. The molecular formula is C15H24ClN3O3S. The molecule has 0 spiro atoms. The minimum atomic E-state index is -3.58. The Bertz CT molecular complexity index is 631. The fourth-order valence-corrected chi connectivity index (χ4v) is 3.36. The molecule has 2 rings (SSSR count). The summed E-state index contributed by atoms with van der Waals surface area (Å²) < 4.78 is 29.7. The molecule has 1 saturated heterocycles. The van der Waals surface area contributed by atoms with Gasteiger partial charge in [0.05, 0.1) is 11.1 Å². The summed E-state index contributed by atoms with van der Waals surface area (Å²) in [6, 6.07) is 5.80. The van der Waals surface area contributed by atoms with Crippen molar-refractivity contribution in [3.63, 3.8) is 0 Å². The van der Waals surface area contributed by atoms with Gasteiger partial charge in [-0.05, 0) is 31.0 Å². The van der Waals surface area contributed by atoms with Gasteiger partial charge in [0.2, 0.25) is 0 Å². The molecule has 1 aliphatic rings. The van der Waals surface area contributed by atoms with Crippen LogP contribution in [0.25, 0.3) is 0 Å². The van der Waals surface area contributed by atoms with Crippen LogP contribution in [0.1, 0.15) is 25.8 Å². The first-order valence-electron chi connectivity index (χ1n) is 7.75. The van der Waals surface area contributed by atoms with Crippen LogP contribution in [-0.2, 0) is 16.8 Å². The fraction of sp³-hybridized carbons (Fsp3) is 0.600. The van der Waals surface area contributed by atoms with Gasteiger partial charge >= 0.3 is 0 Å². The second-order valence-electron chi connectivity index (χ2n) is 5.82. The molecule has 0 radical (unpaired) electrons. The van der Waals surface area contributed by atoms with Gasteiger partial charge in [-0.3, -0.25) is 4.90 Å². The van der Waals surface area contributed by atoms with E-state index in [9.17, 15) is 8.42 Å². The van der Waals surface area contributed by atoms with Crippen molar-refractivity contribution in [1.29, 1.82) is 0 Å². The Morgan fingerprint density at radius 1 is 1.30 bits per heavy atom. The maximum absolute atomic E-state index is 11.3. The lowest BCUT2D eigenvalue weighted by Gasteiger charge is -2.32. The molecule has 1 atom stereocenters. The van der Waals surface area contributed by atoms with Gasteiger partial charge in [0, 0.05) is 32.7 Å². The molecule has 0 aromatic heterocycles. The van der Waals surface area contributed by atoms with Gasteiger partial charge in [-0.2, -0.15) is 12.7 Å². The Morgan fingerprint density at radius 2 is 1.96 bits per heavy atom. The average molecular weight is 362 g/mol. The highest BCUT2D eigenvalue weighted by Crippen LogP contribution is 2.27. The summed E-state index contributed by atoms with van der Waals surface area (Å²) >= 11 is 6.28. The highest BCUT2D eigenvalue weighted by atomic mass is 35.5. The molecule has 1 unspecified atom stereocenters. The van der Waals surface area contributed by atoms with Crippen molar-refractivity contribution in [2.45, 2.75) is 32.9 Å².